The summed E-state index contributed by atoms with van der Waals surface area (Å²) in [6.07, 6.45) is 0. The number of hydrogen-bond acceptors (Lipinski definition) is 3. The van der Waals surface area contributed by atoms with Crippen molar-refractivity contribution in [2.75, 3.05) is 0 Å². The fraction of sp³-hybridized carbons (Fsp3) is 0.176. The summed E-state index contributed by atoms with van der Waals surface area (Å²) in [4.78, 5) is 1.19. The molecule has 0 bridgehead atoms. The summed E-state index contributed by atoms with van der Waals surface area (Å²) in [6, 6.07) is 15.9. The zero-order chi connectivity index (χ0) is 14.8. The average Bonchev–Trinajstić information content (AvgIpc) is 2.92. The van der Waals surface area contributed by atoms with Gasteiger partial charge in [-0.2, -0.15) is 0 Å². The average molecular weight is 318 g/mol. The number of nitrogens with one attached hydrogen (secondary N) is 1. The lowest BCUT2D eigenvalue weighted by Crippen LogP contribution is -2.17. The lowest BCUT2D eigenvalue weighted by atomic mass is 10.0. The molecule has 0 spiro atoms. The monoisotopic (exact) mass is 317 g/mol. The highest BCUT2D eigenvalue weighted by atomic mass is 35.5. The molecule has 1 atom stereocenters. The number of fused-ring (bicyclic) bond motifs is 1. The van der Waals surface area contributed by atoms with Crippen LogP contribution in [-0.2, 0) is 6.54 Å². The van der Waals surface area contributed by atoms with Gasteiger partial charge >= 0.3 is 0 Å². The van der Waals surface area contributed by atoms with Crippen molar-refractivity contribution < 1.29 is 5.11 Å². The SMILES string of the molecule is CC(NCc1c(O)ccc2ccccc12)c1ccc(Cl)s1. The first kappa shape index (κ1) is 14.4. The van der Waals surface area contributed by atoms with Gasteiger partial charge in [-0.05, 0) is 35.9 Å². The van der Waals surface area contributed by atoms with E-state index in [4.69, 9.17) is 11.6 Å². The van der Waals surface area contributed by atoms with Gasteiger partial charge in [0.05, 0.1) is 4.34 Å². The summed E-state index contributed by atoms with van der Waals surface area (Å²) in [5, 5.41) is 15.8. The van der Waals surface area contributed by atoms with E-state index in [-0.39, 0.29) is 6.04 Å². The molecule has 21 heavy (non-hydrogen) atoms. The smallest absolute Gasteiger partial charge is 0.120 e. The highest BCUT2D eigenvalue weighted by molar-refractivity contribution is 7.16. The van der Waals surface area contributed by atoms with Crippen LogP contribution in [0, 0.1) is 0 Å². The summed E-state index contributed by atoms with van der Waals surface area (Å²) in [7, 11) is 0. The molecule has 0 saturated heterocycles. The minimum Gasteiger partial charge on any atom is -0.508 e. The Morgan fingerprint density at radius 1 is 1.14 bits per heavy atom. The third-order valence-electron chi connectivity index (χ3n) is 3.62. The molecule has 3 rings (SSSR count). The molecule has 0 aliphatic rings. The molecule has 0 saturated carbocycles. The minimum absolute atomic E-state index is 0.195. The van der Waals surface area contributed by atoms with Crippen molar-refractivity contribution in [3.05, 3.63) is 63.3 Å². The van der Waals surface area contributed by atoms with Crippen molar-refractivity contribution in [2.24, 2.45) is 0 Å². The molecule has 2 aromatic carbocycles. The third kappa shape index (κ3) is 3.05. The Morgan fingerprint density at radius 2 is 1.95 bits per heavy atom. The zero-order valence-corrected chi connectivity index (χ0v) is 13.2. The first-order chi connectivity index (χ1) is 10.1. The Morgan fingerprint density at radius 3 is 2.71 bits per heavy atom. The van der Waals surface area contributed by atoms with E-state index in [1.165, 1.54) is 4.88 Å². The van der Waals surface area contributed by atoms with Gasteiger partial charge in [-0.1, -0.05) is 41.9 Å². The third-order valence-corrected chi connectivity index (χ3v) is 5.04. The summed E-state index contributed by atoms with van der Waals surface area (Å²) in [5.41, 5.74) is 0.933. The Bertz CT molecular complexity index is 768. The largest absolute Gasteiger partial charge is 0.508 e. The van der Waals surface area contributed by atoms with Crippen molar-refractivity contribution in [2.45, 2.75) is 19.5 Å². The quantitative estimate of drug-likeness (QED) is 0.700. The zero-order valence-electron chi connectivity index (χ0n) is 11.6. The molecule has 0 aliphatic carbocycles. The van der Waals surface area contributed by atoms with Gasteiger partial charge in [0.25, 0.3) is 0 Å². The van der Waals surface area contributed by atoms with Crippen LogP contribution in [0.25, 0.3) is 10.8 Å². The standard InChI is InChI=1S/C17H16ClNOS/c1-11(16-8-9-17(18)21-16)19-10-14-13-5-3-2-4-12(13)6-7-15(14)20/h2-9,11,19-20H,10H2,1H3. The van der Waals surface area contributed by atoms with Crippen molar-refractivity contribution >= 4 is 33.7 Å². The van der Waals surface area contributed by atoms with Crippen LogP contribution in [0.3, 0.4) is 0 Å². The summed E-state index contributed by atoms with van der Waals surface area (Å²) in [5.74, 6) is 0.331. The molecule has 0 amide bonds. The summed E-state index contributed by atoms with van der Waals surface area (Å²) in [6.45, 7) is 2.72. The maximum Gasteiger partial charge on any atom is 0.120 e. The second-order valence-corrected chi connectivity index (χ2v) is 6.78. The molecule has 4 heteroatoms. The molecular formula is C17H16ClNOS. The van der Waals surface area contributed by atoms with Crippen molar-refractivity contribution in [3.8, 4) is 5.75 Å². The van der Waals surface area contributed by atoms with Crippen LogP contribution in [0.2, 0.25) is 4.34 Å². The number of aromatic hydroxyl groups is 1. The highest BCUT2D eigenvalue weighted by Gasteiger charge is 2.11. The van der Waals surface area contributed by atoms with E-state index in [9.17, 15) is 5.11 Å². The Hall–Kier alpha value is -1.55. The summed E-state index contributed by atoms with van der Waals surface area (Å²) >= 11 is 7.55. The minimum atomic E-state index is 0.195. The van der Waals surface area contributed by atoms with Crippen molar-refractivity contribution in [1.82, 2.24) is 5.32 Å². The van der Waals surface area contributed by atoms with Crippen LogP contribution in [0.5, 0.6) is 5.75 Å². The Balaban J connectivity index is 1.83. The van der Waals surface area contributed by atoms with Crippen LogP contribution >= 0.6 is 22.9 Å². The van der Waals surface area contributed by atoms with E-state index in [0.29, 0.717) is 12.3 Å². The van der Waals surface area contributed by atoms with Gasteiger partial charge in [0.15, 0.2) is 0 Å². The molecule has 0 aliphatic heterocycles. The van der Waals surface area contributed by atoms with Crippen LogP contribution in [0.4, 0.5) is 0 Å². The topological polar surface area (TPSA) is 32.3 Å². The van der Waals surface area contributed by atoms with Crippen LogP contribution < -0.4 is 5.32 Å². The van der Waals surface area contributed by atoms with E-state index in [1.54, 1.807) is 17.4 Å². The first-order valence-corrected chi connectivity index (χ1v) is 8.03. The van der Waals surface area contributed by atoms with Crippen molar-refractivity contribution in [3.63, 3.8) is 0 Å². The second-order valence-electron chi connectivity index (χ2n) is 5.03. The molecular weight excluding hydrogens is 302 g/mol. The summed E-state index contributed by atoms with van der Waals surface area (Å²) < 4.78 is 0.798. The molecule has 2 nitrogen and oxygen atoms in total. The molecule has 1 aromatic heterocycles. The van der Waals surface area contributed by atoms with Gasteiger partial charge in [0.2, 0.25) is 0 Å². The molecule has 3 aromatic rings. The van der Waals surface area contributed by atoms with Gasteiger partial charge in [0, 0.05) is 23.0 Å². The van der Waals surface area contributed by atoms with Crippen LogP contribution in [-0.4, -0.2) is 5.11 Å². The van der Waals surface area contributed by atoms with E-state index in [2.05, 4.69) is 18.3 Å². The fourth-order valence-electron chi connectivity index (χ4n) is 2.43. The first-order valence-electron chi connectivity index (χ1n) is 6.83. The predicted octanol–water partition coefficient (Wildman–Crippen LogP) is 5.11. The molecule has 2 N–H and O–H groups in total. The van der Waals surface area contributed by atoms with Gasteiger partial charge < -0.3 is 10.4 Å². The maximum atomic E-state index is 10.1. The van der Waals surface area contributed by atoms with E-state index in [0.717, 1.165) is 20.7 Å². The van der Waals surface area contributed by atoms with E-state index in [1.807, 2.05) is 36.4 Å². The predicted molar refractivity (Wildman–Crippen MR) is 90.2 cm³/mol. The number of rotatable bonds is 4. The van der Waals surface area contributed by atoms with Gasteiger partial charge in [-0.25, -0.2) is 0 Å². The lowest BCUT2D eigenvalue weighted by molar-refractivity contribution is 0.462. The number of hydrogen-bond donors (Lipinski definition) is 2. The Labute approximate surface area is 133 Å². The van der Waals surface area contributed by atoms with Crippen LogP contribution in [0.15, 0.2) is 48.5 Å². The number of phenols is 1. The van der Waals surface area contributed by atoms with E-state index < -0.39 is 0 Å². The van der Waals surface area contributed by atoms with Gasteiger partial charge in [-0.3, -0.25) is 0 Å². The lowest BCUT2D eigenvalue weighted by Gasteiger charge is -2.14. The number of halogens is 1. The Kier molecular flexibility index (Phi) is 4.15. The number of phenolic OH excluding ortho intramolecular Hbond substituents is 1. The molecule has 1 heterocycles. The highest BCUT2D eigenvalue weighted by Crippen LogP contribution is 2.29. The van der Waals surface area contributed by atoms with Crippen molar-refractivity contribution in [1.29, 1.82) is 0 Å². The van der Waals surface area contributed by atoms with Crippen LogP contribution in [0.1, 0.15) is 23.4 Å². The fourth-order valence-corrected chi connectivity index (χ4v) is 3.51. The molecule has 0 fully saturated rings. The number of thiophene rings is 1. The van der Waals surface area contributed by atoms with Gasteiger partial charge in [0.1, 0.15) is 5.75 Å². The molecule has 0 radical (unpaired) electrons. The number of benzene rings is 2. The molecule has 1 unspecified atom stereocenters. The normalized spacial score (nSPS) is 12.7. The van der Waals surface area contributed by atoms with E-state index >= 15 is 0 Å². The molecule has 108 valence electrons. The second kappa shape index (κ2) is 6.06. The maximum absolute atomic E-state index is 10.1. The van der Waals surface area contributed by atoms with Gasteiger partial charge in [-0.15, -0.1) is 11.3 Å².